The molecule has 2 rings (SSSR count). The van der Waals surface area contributed by atoms with Crippen molar-refractivity contribution in [2.45, 2.75) is 6.54 Å². The highest BCUT2D eigenvalue weighted by molar-refractivity contribution is 6.31. The van der Waals surface area contributed by atoms with Crippen molar-refractivity contribution in [1.82, 2.24) is 10.6 Å². The fourth-order valence-electron chi connectivity index (χ4n) is 1.77. The summed E-state index contributed by atoms with van der Waals surface area (Å²) in [4.78, 5) is 23.5. The van der Waals surface area contributed by atoms with Crippen LogP contribution in [0.2, 0.25) is 5.02 Å². The average molecular weight is 303 g/mol. The van der Waals surface area contributed by atoms with Gasteiger partial charge in [-0.05, 0) is 17.7 Å². The summed E-state index contributed by atoms with van der Waals surface area (Å²) < 4.78 is 0. The first kappa shape index (κ1) is 15.1. The Balaban J connectivity index is 1.77. The van der Waals surface area contributed by atoms with E-state index in [9.17, 15) is 9.59 Å². The topological polar surface area (TPSA) is 58.2 Å². The van der Waals surface area contributed by atoms with Crippen LogP contribution in [-0.4, -0.2) is 18.4 Å². The Morgan fingerprint density at radius 2 is 1.71 bits per heavy atom. The van der Waals surface area contributed by atoms with E-state index in [-0.39, 0.29) is 18.4 Å². The van der Waals surface area contributed by atoms with E-state index in [0.717, 1.165) is 5.56 Å². The van der Waals surface area contributed by atoms with Crippen LogP contribution in [0, 0.1) is 0 Å². The molecule has 0 aliphatic rings. The summed E-state index contributed by atoms with van der Waals surface area (Å²) in [5.41, 5.74) is 1.47. The quantitative estimate of drug-likeness (QED) is 0.834. The van der Waals surface area contributed by atoms with Gasteiger partial charge in [0.1, 0.15) is 0 Å². The van der Waals surface area contributed by atoms with Gasteiger partial charge in [-0.2, -0.15) is 0 Å². The third kappa shape index (κ3) is 4.93. The maximum absolute atomic E-state index is 11.9. The van der Waals surface area contributed by atoms with Gasteiger partial charge in [-0.3, -0.25) is 4.79 Å². The zero-order chi connectivity index (χ0) is 15.1. The maximum atomic E-state index is 11.9. The maximum Gasteiger partial charge on any atom is 0.315 e. The second kappa shape index (κ2) is 7.45. The molecule has 21 heavy (non-hydrogen) atoms. The number of hydrogen-bond donors (Lipinski definition) is 2. The molecule has 0 aliphatic heterocycles. The van der Waals surface area contributed by atoms with Crippen molar-refractivity contribution in [3.8, 4) is 0 Å². The van der Waals surface area contributed by atoms with Crippen LogP contribution in [0.1, 0.15) is 15.9 Å². The van der Waals surface area contributed by atoms with E-state index in [1.807, 2.05) is 30.3 Å². The highest BCUT2D eigenvalue weighted by Gasteiger charge is 2.08. The van der Waals surface area contributed by atoms with Gasteiger partial charge in [-0.1, -0.05) is 54.1 Å². The fourth-order valence-corrected chi connectivity index (χ4v) is 1.96. The molecule has 0 saturated heterocycles. The molecule has 2 aromatic carbocycles. The summed E-state index contributed by atoms with van der Waals surface area (Å²) in [7, 11) is 0. The van der Waals surface area contributed by atoms with Crippen LogP contribution in [0.15, 0.2) is 54.6 Å². The van der Waals surface area contributed by atoms with Crippen LogP contribution in [-0.2, 0) is 6.54 Å². The Kier molecular flexibility index (Phi) is 5.35. The van der Waals surface area contributed by atoms with Gasteiger partial charge in [-0.25, -0.2) is 4.79 Å². The van der Waals surface area contributed by atoms with Crippen LogP contribution in [0.4, 0.5) is 4.79 Å². The highest BCUT2D eigenvalue weighted by Crippen LogP contribution is 2.10. The number of carbonyl (C=O) groups is 2. The largest absolute Gasteiger partial charge is 0.334 e. The van der Waals surface area contributed by atoms with Crippen molar-refractivity contribution < 1.29 is 9.59 Å². The number of rotatable bonds is 5. The van der Waals surface area contributed by atoms with E-state index in [4.69, 9.17) is 11.6 Å². The molecule has 2 amide bonds. The standard InChI is InChI=1S/C16H15ClN2O2/c17-14-8-4-7-13(9-14)15(20)11-19-16(21)18-10-12-5-2-1-3-6-12/h1-9H,10-11H2,(H2,18,19,21). The predicted molar refractivity (Wildman–Crippen MR) is 82.5 cm³/mol. The van der Waals surface area contributed by atoms with Gasteiger partial charge >= 0.3 is 6.03 Å². The molecular weight excluding hydrogens is 288 g/mol. The van der Waals surface area contributed by atoms with Gasteiger partial charge in [-0.15, -0.1) is 0 Å². The summed E-state index contributed by atoms with van der Waals surface area (Å²) in [6.07, 6.45) is 0. The minimum atomic E-state index is -0.380. The zero-order valence-electron chi connectivity index (χ0n) is 11.3. The third-order valence-corrected chi connectivity index (χ3v) is 3.09. The Labute approximate surface area is 128 Å². The van der Waals surface area contributed by atoms with Crippen LogP contribution >= 0.6 is 11.6 Å². The van der Waals surface area contributed by atoms with E-state index >= 15 is 0 Å². The minimum absolute atomic E-state index is 0.0685. The van der Waals surface area contributed by atoms with Crippen LogP contribution in [0.3, 0.4) is 0 Å². The molecule has 0 radical (unpaired) electrons. The molecule has 108 valence electrons. The van der Waals surface area contributed by atoms with Crippen molar-refractivity contribution in [1.29, 1.82) is 0 Å². The first-order chi connectivity index (χ1) is 10.1. The van der Waals surface area contributed by atoms with Gasteiger partial charge in [0.05, 0.1) is 6.54 Å². The number of amides is 2. The van der Waals surface area contributed by atoms with Gasteiger partial charge in [0.2, 0.25) is 0 Å². The first-order valence-electron chi connectivity index (χ1n) is 6.49. The molecule has 2 aromatic rings. The monoisotopic (exact) mass is 302 g/mol. The lowest BCUT2D eigenvalue weighted by atomic mass is 10.1. The SMILES string of the molecule is O=C(NCC(=O)c1cccc(Cl)c1)NCc1ccccc1. The molecule has 0 heterocycles. The number of nitrogens with one attached hydrogen (secondary N) is 2. The summed E-state index contributed by atoms with van der Waals surface area (Å²) in [5, 5.41) is 5.71. The molecule has 0 bridgehead atoms. The lowest BCUT2D eigenvalue weighted by molar-refractivity contribution is 0.0992. The normalized spacial score (nSPS) is 9.95. The van der Waals surface area contributed by atoms with Crippen molar-refractivity contribution in [2.24, 2.45) is 0 Å². The average Bonchev–Trinajstić information content (AvgIpc) is 2.51. The number of urea groups is 1. The van der Waals surface area contributed by atoms with E-state index < -0.39 is 0 Å². The summed E-state index contributed by atoms with van der Waals surface area (Å²) in [6.45, 7) is 0.346. The molecule has 2 N–H and O–H groups in total. The summed E-state index contributed by atoms with van der Waals surface area (Å²) >= 11 is 5.82. The number of carbonyl (C=O) groups excluding carboxylic acids is 2. The molecule has 0 aliphatic carbocycles. The van der Waals surface area contributed by atoms with E-state index in [1.54, 1.807) is 24.3 Å². The van der Waals surface area contributed by atoms with Crippen molar-refractivity contribution >= 4 is 23.4 Å². The van der Waals surface area contributed by atoms with Gasteiger partial charge in [0.15, 0.2) is 5.78 Å². The Hall–Kier alpha value is -2.33. The number of ketones is 1. The third-order valence-electron chi connectivity index (χ3n) is 2.85. The predicted octanol–water partition coefficient (Wildman–Crippen LogP) is 3.02. The second-order valence-corrected chi connectivity index (χ2v) is 4.89. The molecule has 0 spiro atoms. The van der Waals surface area contributed by atoms with Gasteiger partial charge in [0, 0.05) is 17.1 Å². The molecular formula is C16H15ClN2O2. The Morgan fingerprint density at radius 1 is 0.952 bits per heavy atom. The zero-order valence-corrected chi connectivity index (χ0v) is 12.1. The lowest BCUT2D eigenvalue weighted by Gasteiger charge is -2.07. The molecule has 0 fully saturated rings. The second-order valence-electron chi connectivity index (χ2n) is 4.46. The van der Waals surface area contributed by atoms with Crippen LogP contribution in [0.5, 0.6) is 0 Å². The van der Waals surface area contributed by atoms with Crippen LogP contribution < -0.4 is 10.6 Å². The summed E-state index contributed by atoms with van der Waals surface area (Å²) in [6, 6.07) is 15.8. The van der Waals surface area contributed by atoms with Crippen molar-refractivity contribution in [3.63, 3.8) is 0 Å². The smallest absolute Gasteiger partial charge is 0.315 e. The number of halogens is 1. The van der Waals surface area contributed by atoms with Crippen molar-refractivity contribution in [2.75, 3.05) is 6.54 Å². The fraction of sp³-hybridized carbons (Fsp3) is 0.125. The minimum Gasteiger partial charge on any atom is -0.334 e. The van der Waals surface area contributed by atoms with E-state index in [1.165, 1.54) is 0 Å². The van der Waals surface area contributed by atoms with Gasteiger partial charge in [0.25, 0.3) is 0 Å². The molecule has 4 nitrogen and oxygen atoms in total. The molecule has 0 saturated carbocycles. The van der Waals surface area contributed by atoms with E-state index in [0.29, 0.717) is 17.1 Å². The Morgan fingerprint density at radius 3 is 2.43 bits per heavy atom. The molecule has 5 heteroatoms. The highest BCUT2D eigenvalue weighted by atomic mass is 35.5. The molecule has 0 aromatic heterocycles. The number of Topliss-reactive ketones (excluding diaryl/α,β-unsaturated/α-hetero) is 1. The number of hydrogen-bond acceptors (Lipinski definition) is 2. The summed E-state index contributed by atoms with van der Waals surface area (Å²) in [5.74, 6) is -0.188. The Bertz CT molecular complexity index is 629. The molecule has 0 unspecified atom stereocenters. The number of benzene rings is 2. The first-order valence-corrected chi connectivity index (χ1v) is 6.87. The lowest BCUT2D eigenvalue weighted by Crippen LogP contribution is -2.38. The van der Waals surface area contributed by atoms with E-state index in [2.05, 4.69) is 10.6 Å². The molecule has 0 atom stereocenters. The van der Waals surface area contributed by atoms with Crippen LogP contribution in [0.25, 0.3) is 0 Å². The van der Waals surface area contributed by atoms with Gasteiger partial charge < -0.3 is 10.6 Å². The van der Waals surface area contributed by atoms with Crippen molar-refractivity contribution in [3.05, 3.63) is 70.7 Å².